The summed E-state index contributed by atoms with van der Waals surface area (Å²) in [6.45, 7) is 4.34. The van der Waals surface area contributed by atoms with Crippen molar-refractivity contribution in [3.63, 3.8) is 0 Å². The predicted octanol–water partition coefficient (Wildman–Crippen LogP) is 2.88. The minimum atomic E-state index is 0.174. The lowest BCUT2D eigenvalue weighted by Gasteiger charge is -2.11. The van der Waals surface area contributed by atoms with Gasteiger partial charge in [-0.25, -0.2) is 0 Å². The molecule has 2 heteroatoms. The molecular formula is C11H17NO. The van der Waals surface area contributed by atoms with Crippen molar-refractivity contribution in [2.45, 2.75) is 32.6 Å². The first-order chi connectivity index (χ1) is 6.15. The maximum Gasteiger partial charge on any atom is 0.138 e. The van der Waals surface area contributed by atoms with Crippen molar-refractivity contribution < 1.29 is 5.11 Å². The summed E-state index contributed by atoms with van der Waals surface area (Å²) in [4.78, 5) is 0. The maximum atomic E-state index is 9.23. The minimum Gasteiger partial charge on any atom is -0.506 e. The molecule has 0 amide bonds. The summed E-state index contributed by atoms with van der Waals surface area (Å²) in [6.07, 6.45) is 2.33. The molecule has 0 heterocycles. The van der Waals surface area contributed by atoms with Crippen molar-refractivity contribution in [2.24, 2.45) is 0 Å². The molecule has 0 aliphatic heterocycles. The number of hydrogen-bond donors (Lipinski definition) is 2. The van der Waals surface area contributed by atoms with Crippen LogP contribution in [0.15, 0.2) is 18.2 Å². The van der Waals surface area contributed by atoms with Crippen LogP contribution in [0, 0.1) is 0 Å². The van der Waals surface area contributed by atoms with E-state index in [9.17, 15) is 5.11 Å². The third kappa shape index (κ3) is 2.38. The Balaban J connectivity index is 2.84. The first kappa shape index (κ1) is 9.90. The van der Waals surface area contributed by atoms with Crippen LogP contribution in [0.2, 0.25) is 0 Å². The number of anilines is 1. The fourth-order valence-corrected chi connectivity index (χ4v) is 1.48. The van der Waals surface area contributed by atoms with Crippen LogP contribution < -0.4 is 5.73 Å². The van der Waals surface area contributed by atoms with Crippen LogP contribution in [0.25, 0.3) is 0 Å². The van der Waals surface area contributed by atoms with Crippen LogP contribution in [0.5, 0.6) is 5.75 Å². The minimum absolute atomic E-state index is 0.174. The maximum absolute atomic E-state index is 9.23. The molecule has 0 aliphatic rings. The number of aromatic hydroxyl groups is 1. The average molecular weight is 179 g/mol. The lowest BCUT2D eigenvalue weighted by Crippen LogP contribution is -1.95. The fourth-order valence-electron chi connectivity index (χ4n) is 1.48. The average Bonchev–Trinajstić information content (AvgIpc) is 2.10. The Kier molecular flexibility index (Phi) is 3.18. The van der Waals surface area contributed by atoms with Crippen LogP contribution in [-0.2, 0) is 0 Å². The van der Waals surface area contributed by atoms with Crippen LogP contribution in [0.1, 0.15) is 38.2 Å². The first-order valence-corrected chi connectivity index (χ1v) is 4.73. The summed E-state index contributed by atoms with van der Waals surface area (Å²) in [5, 5.41) is 9.23. The van der Waals surface area contributed by atoms with E-state index in [4.69, 9.17) is 5.73 Å². The van der Waals surface area contributed by atoms with E-state index in [-0.39, 0.29) is 5.75 Å². The SMILES string of the molecule is CCCC(C)c1ccc(O)c(N)c1. The highest BCUT2D eigenvalue weighted by molar-refractivity contribution is 5.53. The van der Waals surface area contributed by atoms with Gasteiger partial charge in [-0.05, 0) is 30.0 Å². The molecule has 3 N–H and O–H groups in total. The molecular weight excluding hydrogens is 162 g/mol. The largest absolute Gasteiger partial charge is 0.506 e. The van der Waals surface area contributed by atoms with Gasteiger partial charge in [-0.15, -0.1) is 0 Å². The van der Waals surface area contributed by atoms with Crippen LogP contribution in [0.4, 0.5) is 5.69 Å². The van der Waals surface area contributed by atoms with Crippen molar-refractivity contribution in [3.05, 3.63) is 23.8 Å². The van der Waals surface area contributed by atoms with Gasteiger partial charge in [0.1, 0.15) is 5.75 Å². The van der Waals surface area contributed by atoms with Gasteiger partial charge in [-0.1, -0.05) is 26.3 Å². The standard InChI is InChI=1S/C11H17NO/c1-3-4-8(2)9-5-6-11(13)10(12)7-9/h5-8,13H,3-4,12H2,1-2H3. The van der Waals surface area contributed by atoms with Gasteiger partial charge in [0, 0.05) is 0 Å². The second-order valence-corrected chi connectivity index (χ2v) is 3.51. The van der Waals surface area contributed by atoms with E-state index in [0.717, 1.165) is 6.42 Å². The highest BCUT2D eigenvalue weighted by Crippen LogP contribution is 2.27. The van der Waals surface area contributed by atoms with Crippen molar-refractivity contribution in [3.8, 4) is 5.75 Å². The normalized spacial score (nSPS) is 12.8. The number of hydrogen-bond acceptors (Lipinski definition) is 2. The predicted molar refractivity (Wildman–Crippen MR) is 55.8 cm³/mol. The molecule has 1 aromatic carbocycles. The van der Waals surface area contributed by atoms with Crippen molar-refractivity contribution >= 4 is 5.69 Å². The molecule has 1 aromatic rings. The molecule has 13 heavy (non-hydrogen) atoms. The summed E-state index contributed by atoms with van der Waals surface area (Å²) >= 11 is 0. The molecule has 1 unspecified atom stereocenters. The number of nitrogen functional groups attached to an aromatic ring is 1. The summed E-state index contributed by atoms with van der Waals surface area (Å²) < 4.78 is 0. The number of benzene rings is 1. The molecule has 0 bridgehead atoms. The third-order valence-electron chi connectivity index (χ3n) is 2.34. The van der Waals surface area contributed by atoms with Crippen molar-refractivity contribution in [1.29, 1.82) is 0 Å². The van der Waals surface area contributed by atoms with E-state index < -0.39 is 0 Å². The monoisotopic (exact) mass is 179 g/mol. The Morgan fingerprint density at radius 3 is 2.69 bits per heavy atom. The van der Waals surface area contributed by atoms with Gasteiger partial charge >= 0.3 is 0 Å². The Labute approximate surface area is 79.4 Å². The quantitative estimate of drug-likeness (QED) is 0.553. The highest BCUT2D eigenvalue weighted by Gasteiger charge is 2.05. The zero-order valence-corrected chi connectivity index (χ0v) is 8.25. The lowest BCUT2D eigenvalue weighted by molar-refractivity contribution is 0.477. The van der Waals surface area contributed by atoms with E-state index in [1.54, 1.807) is 6.07 Å². The molecule has 0 radical (unpaired) electrons. The van der Waals surface area contributed by atoms with Crippen LogP contribution in [0.3, 0.4) is 0 Å². The highest BCUT2D eigenvalue weighted by atomic mass is 16.3. The van der Waals surface area contributed by atoms with Gasteiger partial charge in [0.15, 0.2) is 0 Å². The van der Waals surface area contributed by atoms with Gasteiger partial charge in [-0.3, -0.25) is 0 Å². The van der Waals surface area contributed by atoms with Gasteiger partial charge in [0.25, 0.3) is 0 Å². The van der Waals surface area contributed by atoms with E-state index in [2.05, 4.69) is 13.8 Å². The van der Waals surface area contributed by atoms with Crippen molar-refractivity contribution in [2.75, 3.05) is 5.73 Å². The smallest absolute Gasteiger partial charge is 0.138 e. The van der Waals surface area contributed by atoms with Crippen molar-refractivity contribution in [1.82, 2.24) is 0 Å². The molecule has 1 rings (SSSR count). The van der Waals surface area contributed by atoms with Gasteiger partial charge < -0.3 is 10.8 Å². The Morgan fingerprint density at radius 1 is 1.46 bits per heavy atom. The molecule has 0 aliphatic carbocycles. The van der Waals surface area contributed by atoms with Crippen LogP contribution >= 0.6 is 0 Å². The Morgan fingerprint density at radius 2 is 2.15 bits per heavy atom. The topological polar surface area (TPSA) is 46.2 Å². The third-order valence-corrected chi connectivity index (χ3v) is 2.34. The number of nitrogens with two attached hydrogens (primary N) is 1. The molecule has 2 nitrogen and oxygen atoms in total. The fraction of sp³-hybridized carbons (Fsp3) is 0.455. The van der Waals surface area contributed by atoms with Gasteiger partial charge in [0.2, 0.25) is 0 Å². The summed E-state index contributed by atoms with van der Waals surface area (Å²) in [6, 6.07) is 5.46. The number of phenols is 1. The summed E-state index contributed by atoms with van der Waals surface area (Å²) in [5.41, 5.74) is 7.28. The molecule has 0 fully saturated rings. The molecule has 1 atom stereocenters. The zero-order chi connectivity index (χ0) is 9.84. The Bertz CT molecular complexity index is 283. The number of rotatable bonds is 3. The molecule has 0 spiro atoms. The number of phenolic OH excluding ortho intramolecular Hbond substituents is 1. The summed E-state index contributed by atoms with van der Waals surface area (Å²) in [7, 11) is 0. The molecule has 0 saturated heterocycles. The summed E-state index contributed by atoms with van der Waals surface area (Å²) in [5.74, 6) is 0.695. The van der Waals surface area contributed by atoms with Crippen LogP contribution in [-0.4, -0.2) is 5.11 Å². The second-order valence-electron chi connectivity index (χ2n) is 3.51. The Hall–Kier alpha value is -1.18. The van der Waals surface area contributed by atoms with E-state index in [1.165, 1.54) is 12.0 Å². The molecule has 72 valence electrons. The van der Waals surface area contributed by atoms with E-state index in [0.29, 0.717) is 11.6 Å². The second kappa shape index (κ2) is 4.17. The van der Waals surface area contributed by atoms with Gasteiger partial charge in [-0.2, -0.15) is 0 Å². The van der Waals surface area contributed by atoms with E-state index >= 15 is 0 Å². The molecule has 0 saturated carbocycles. The zero-order valence-electron chi connectivity index (χ0n) is 8.25. The first-order valence-electron chi connectivity index (χ1n) is 4.73. The lowest BCUT2D eigenvalue weighted by atomic mass is 9.96. The van der Waals surface area contributed by atoms with Gasteiger partial charge in [0.05, 0.1) is 5.69 Å². The van der Waals surface area contributed by atoms with E-state index in [1.807, 2.05) is 12.1 Å². The molecule has 0 aromatic heterocycles.